The fourth-order valence-corrected chi connectivity index (χ4v) is 4.13. The van der Waals surface area contributed by atoms with Gasteiger partial charge in [-0.1, -0.05) is 35.4 Å². The molecule has 0 N–H and O–H groups in total. The fraction of sp³-hybridized carbons (Fsp3) is 0.174. The van der Waals surface area contributed by atoms with Gasteiger partial charge in [0, 0.05) is 5.56 Å². The van der Waals surface area contributed by atoms with Gasteiger partial charge in [-0.05, 0) is 62.4 Å². The van der Waals surface area contributed by atoms with Gasteiger partial charge in [0.25, 0.3) is 0 Å². The number of hydrogen-bond acceptors (Lipinski definition) is 5. The van der Waals surface area contributed by atoms with Crippen molar-refractivity contribution >= 4 is 18.7 Å². The summed E-state index contributed by atoms with van der Waals surface area (Å²) in [6.07, 6.45) is 0. The average Bonchev–Trinajstić information content (AvgIpc) is 2.74. The summed E-state index contributed by atoms with van der Waals surface area (Å²) in [7, 11) is -2.21. The van der Waals surface area contributed by atoms with Crippen molar-refractivity contribution in [3.8, 4) is 11.5 Å². The highest BCUT2D eigenvalue weighted by atomic mass is 31.2. The molecular formula is C23H23O5P. The molecule has 3 rings (SSSR count). The Balaban J connectivity index is 1.82. The lowest BCUT2D eigenvalue weighted by Gasteiger charge is -2.19. The van der Waals surface area contributed by atoms with Crippen molar-refractivity contribution in [1.82, 2.24) is 0 Å². The van der Waals surface area contributed by atoms with Crippen LogP contribution in [0.1, 0.15) is 21.5 Å². The van der Waals surface area contributed by atoms with Crippen LogP contribution in [0, 0.1) is 13.8 Å². The van der Waals surface area contributed by atoms with Crippen LogP contribution in [-0.2, 0) is 9.09 Å². The van der Waals surface area contributed by atoms with Crippen molar-refractivity contribution in [2.45, 2.75) is 13.8 Å². The molecule has 3 aromatic carbocycles. The average molecular weight is 410 g/mol. The summed E-state index contributed by atoms with van der Waals surface area (Å²) >= 11 is 0. The van der Waals surface area contributed by atoms with Crippen LogP contribution in [0.2, 0.25) is 0 Å². The minimum absolute atomic E-state index is 0.299. The fourth-order valence-electron chi connectivity index (χ4n) is 2.62. The lowest BCUT2D eigenvalue weighted by Crippen LogP contribution is -2.17. The highest BCUT2D eigenvalue weighted by molar-refractivity contribution is 7.62. The minimum Gasteiger partial charge on any atom is -0.497 e. The predicted octanol–water partition coefficient (Wildman–Crippen LogP) is 5.11. The molecule has 29 heavy (non-hydrogen) atoms. The summed E-state index contributed by atoms with van der Waals surface area (Å²) in [6.45, 7) is 3.51. The monoisotopic (exact) mass is 410 g/mol. The van der Waals surface area contributed by atoms with Gasteiger partial charge in [0.2, 0.25) is 0 Å². The Kier molecular flexibility index (Phi) is 6.53. The molecule has 0 spiro atoms. The standard InChI is InChI=1S/C23H23O5P/c1-17-4-10-21(11-5-17)28-29(25,22-14-6-18(2)7-15-22)27-16-23(24)19-8-12-20(26-3)13-9-19/h4-15H,16H2,1-3H3. The Hall–Kier alpha value is -2.88. The van der Waals surface area contributed by atoms with E-state index in [-0.39, 0.29) is 12.4 Å². The molecule has 0 amide bonds. The molecule has 0 heterocycles. The van der Waals surface area contributed by atoms with Crippen molar-refractivity contribution in [3.05, 3.63) is 89.5 Å². The van der Waals surface area contributed by atoms with E-state index in [0.717, 1.165) is 11.1 Å². The molecule has 1 atom stereocenters. The van der Waals surface area contributed by atoms with E-state index in [4.69, 9.17) is 13.8 Å². The molecule has 0 bridgehead atoms. The van der Waals surface area contributed by atoms with Gasteiger partial charge in [-0.15, -0.1) is 0 Å². The van der Waals surface area contributed by atoms with E-state index >= 15 is 0 Å². The molecule has 3 aromatic rings. The number of carbonyl (C=O) groups excluding carboxylic acids is 1. The smallest absolute Gasteiger partial charge is 0.411 e. The number of ketones is 1. The van der Waals surface area contributed by atoms with Crippen molar-refractivity contribution in [2.75, 3.05) is 13.7 Å². The van der Waals surface area contributed by atoms with E-state index in [2.05, 4.69) is 0 Å². The second-order valence-electron chi connectivity index (χ2n) is 6.66. The first-order valence-corrected chi connectivity index (χ1v) is 10.7. The molecule has 0 aromatic heterocycles. The highest BCUT2D eigenvalue weighted by Gasteiger charge is 2.30. The predicted molar refractivity (Wildman–Crippen MR) is 114 cm³/mol. The number of aryl methyl sites for hydroxylation is 2. The largest absolute Gasteiger partial charge is 0.497 e. The van der Waals surface area contributed by atoms with E-state index in [1.807, 2.05) is 38.1 Å². The van der Waals surface area contributed by atoms with Crippen LogP contribution in [0.4, 0.5) is 0 Å². The molecule has 0 saturated carbocycles. The van der Waals surface area contributed by atoms with Crippen LogP contribution in [-0.4, -0.2) is 19.5 Å². The van der Waals surface area contributed by atoms with Gasteiger partial charge in [-0.3, -0.25) is 9.32 Å². The van der Waals surface area contributed by atoms with E-state index < -0.39 is 7.60 Å². The lowest BCUT2D eigenvalue weighted by atomic mass is 10.1. The summed E-state index contributed by atoms with van der Waals surface area (Å²) in [6, 6.07) is 20.9. The van der Waals surface area contributed by atoms with Gasteiger partial charge in [0.05, 0.1) is 12.4 Å². The second-order valence-corrected chi connectivity index (χ2v) is 8.61. The number of hydrogen-bond donors (Lipinski definition) is 0. The van der Waals surface area contributed by atoms with Gasteiger partial charge in [-0.2, -0.15) is 0 Å². The summed E-state index contributed by atoms with van der Waals surface area (Å²) < 4.78 is 30.1. The maximum Gasteiger partial charge on any atom is 0.411 e. The molecule has 150 valence electrons. The third kappa shape index (κ3) is 5.35. The third-order valence-corrected chi connectivity index (χ3v) is 6.23. The van der Waals surface area contributed by atoms with Crippen molar-refractivity contribution < 1.29 is 23.1 Å². The maximum absolute atomic E-state index is 13.6. The molecular weight excluding hydrogens is 387 g/mol. The van der Waals surface area contributed by atoms with Gasteiger partial charge < -0.3 is 9.26 Å². The van der Waals surface area contributed by atoms with E-state index in [9.17, 15) is 9.36 Å². The van der Waals surface area contributed by atoms with Crippen molar-refractivity contribution in [3.63, 3.8) is 0 Å². The summed E-state index contributed by atoms with van der Waals surface area (Å²) in [4.78, 5) is 12.5. The Morgan fingerprint density at radius 3 is 1.86 bits per heavy atom. The Labute approximate surface area is 170 Å². The normalized spacial score (nSPS) is 12.8. The highest BCUT2D eigenvalue weighted by Crippen LogP contribution is 2.47. The molecule has 0 aliphatic rings. The zero-order valence-corrected chi connectivity index (χ0v) is 17.5. The number of ether oxygens (including phenoxy) is 1. The Morgan fingerprint density at radius 1 is 0.793 bits per heavy atom. The molecule has 0 aliphatic heterocycles. The van der Waals surface area contributed by atoms with Crippen molar-refractivity contribution in [1.29, 1.82) is 0 Å². The number of Topliss-reactive ketones (excluding diaryl/α,β-unsaturated/α-hetero) is 1. The van der Waals surface area contributed by atoms with Crippen LogP contribution in [0.25, 0.3) is 0 Å². The lowest BCUT2D eigenvalue weighted by molar-refractivity contribution is 0.0914. The molecule has 0 saturated heterocycles. The zero-order valence-electron chi connectivity index (χ0n) is 16.6. The van der Waals surface area contributed by atoms with E-state index in [0.29, 0.717) is 22.4 Å². The van der Waals surface area contributed by atoms with Gasteiger partial charge in [0.15, 0.2) is 5.78 Å². The quantitative estimate of drug-likeness (QED) is 0.382. The molecule has 5 nitrogen and oxygen atoms in total. The Bertz CT molecular complexity index is 1010. The van der Waals surface area contributed by atoms with Crippen LogP contribution in [0.5, 0.6) is 11.5 Å². The summed E-state index contributed by atoms with van der Waals surface area (Å²) in [5.74, 6) is 0.763. The first kappa shape index (κ1) is 20.8. The van der Waals surface area contributed by atoms with E-state index in [1.54, 1.807) is 55.6 Å². The maximum atomic E-state index is 13.6. The van der Waals surface area contributed by atoms with Gasteiger partial charge in [0.1, 0.15) is 18.1 Å². The first-order valence-electron chi connectivity index (χ1n) is 9.15. The second kappa shape index (κ2) is 9.08. The molecule has 0 aliphatic carbocycles. The summed E-state index contributed by atoms with van der Waals surface area (Å²) in [5.41, 5.74) is 2.51. The number of rotatable bonds is 8. The van der Waals surface area contributed by atoms with Crippen LogP contribution in [0.15, 0.2) is 72.8 Å². The van der Waals surface area contributed by atoms with Crippen LogP contribution in [0.3, 0.4) is 0 Å². The first-order chi connectivity index (χ1) is 13.9. The third-order valence-electron chi connectivity index (χ3n) is 4.37. The number of benzene rings is 3. The molecule has 0 fully saturated rings. The molecule has 1 unspecified atom stereocenters. The van der Waals surface area contributed by atoms with Crippen LogP contribution >= 0.6 is 7.60 Å². The topological polar surface area (TPSA) is 61.8 Å². The molecule has 0 radical (unpaired) electrons. The van der Waals surface area contributed by atoms with Crippen molar-refractivity contribution in [2.24, 2.45) is 0 Å². The summed E-state index contributed by atoms with van der Waals surface area (Å²) in [5, 5.41) is 0.395. The Morgan fingerprint density at radius 2 is 1.31 bits per heavy atom. The van der Waals surface area contributed by atoms with Gasteiger partial charge >= 0.3 is 7.60 Å². The van der Waals surface area contributed by atoms with Gasteiger partial charge in [-0.25, -0.2) is 4.57 Å². The SMILES string of the molecule is COc1ccc(C(=O)COP(=O)(Oc2ccc(C)cc2)c2ccc(C)cc2)cc1. The number of carbonyl (C=O) groups is 1. The minimum atomic E-state index is -3.76. The van der Waals surface area contributed by atoms with Crippen LogP contribution < -0.4 is 14.6 Å². The van der Waals surface area contributed by atoms with E-state index in [1.165, 1.54) is 0 Å². The molecule has 6 heteroatoms. The number of methoxy groups -OCH3 is 1. The zero-order chi connectivity index (χ0) is 20.9.